The Kier molecular flexibility index (Phi) is 4.79. The number of amidine groups is 1. The summed E-state index contributed by atoms with van der Waals surface area (Å²) in [7, 11) is 0. The fraction of sp³-hybridized carbons (Fsp3) is 0.400. The maximum atomic E-state index is 8.99. The Morgan fingerprint density at radius 1 is 1.35 bits per heavy atom. The summed E-state index contributed by atoms with van der Waals surface area (Å²) in [5, 5.41) is 23.1. The van der Waals surface area contributed by atoms with Gasteiger partial charge < -0.3 is 9.84 Å². The molecule has 0 fully saturated rings. The first-order valence-corrected chi connectivity index (χ1v) is 7.23. The van der Waals surface area contributed by atoms with E-state index in [4.69, 9.17) is 26.7 Å². The molecule has 0 aromatic heterocycles. The number of nitrogens with two attached hydrogens (primary N) is 2. The molecule has 23 heavy (non-hydrogen) atoms. The fourth-order valence-electron chi connectivity index (χ4n) is 2.02. The average molecular weight is 318 g/mol. The highest BCUT2D eigenvalue weighted by atomic mass is 16.5. The number of hydrazone groups is 1. The lowest BCUT2D eigenvalue weighted by Crippen LogP contribution is -2.57. The van der Waals surface area contributed by atoms with Gasteiger partial charge in [0.1, 0.15) is 18.1 Å². The third-order valence-electron chi connectivity index (χ3n) is 3.18. The predicted molar refractivity (Wildman–Crippen MR) is 90.2 cm³/mol. The number of aliphatic hydroxyl groups excluding tert-OH is 1. The molecule has 0 radical (unpaired) electrons. The first-order chi connectivity index (χ1) is 10.7. The molecule has 1 aliphatic heterocycles. The van der Waals surface area contributed by atoms with Crippen LogP contribution in [0.25, 0.3) is 0 Å². The highest BCUT2D eigenvalue weighted by Crippen LogP contribution is 2.21. The second-order valence-electron chi connectivity index (χ2n) is 5.64. The molecule has 0 amide bonds. The van der Waals surface area contributed by atoms with Crippen molar-refractivity contribution in [3.8, 4) is 5.75 Å². The van der Waals surface area contributed by atoms with Crippen molar-refractivity contribution < 1.29 is 9.84 Å². The van der Waals surface area contributed by atoms with E-state index in [2.05, 4.69) is 10.1 Å². The van der Waals surface area contributed by atoms with Crippen LogP contribution in [0.4, 0.5) is 5.69 Å². The molecule has 8 heteroatoms. The molecule has 0 unspecified atom stereocenters. The molecule has 8 nitrogen and oxygen atoms in total. The van der Waals surface area contributed by atoms with Crippen molar-refractivity contribution in [2.45, 2.75) is 32.7 Å². The highest BCUT2D eigenvalue weighted by Gasteiger charge is 2.27. The molecule has 1 aromatic rings. The number of hydrogen-bond donors (Lipinski definition) is 4. The van der Waals surface area contributed by atoms with Crippen LogP contribution in [0.2, 0.25) is 0 Å². The summed E-state index contributed by atoms with van der Waals surface area (Å²) < 4.78 is 5.25. The second kappa shape index (κ2) is 6.45. The van der Waals surface area contributed by atoms with Crippen molar-refractivity contribution in [1.82, 2.24) is 5.01 Å². The minimum atomic E-state index is -1.62. The maximum Gasteiger partial charge on any atom is 0.236 e. The van der Waals surface area contributed by atoms with Gasteiger partial charge in [-0.1, -0.05) is 0 Å². The number of nitrogens with zero attached hydrogens (tertiary/aromatic N) is 3. The van der Waals surface area contributed by atoms with Crippen LogP contribution in [0.5, 0.6) is 5.75 Å². The quantitative estimate of drug-likeness (QED) is 0.595. The van der Waals surface area contributed by atoms with Crippen LogP contribution in [0, 0.1) is 5.41 Å². The Labute approximate surface area is 135 Å². The topological polar surface area (TPSA) is 133 Å². The molecular formula is C15H22N6O2. The van der Waals surface area contributed by atoms with Crippen molar-refractivity contribution in [2.75, 3.05) is 6.61 Å². The van der Waals surface area contributed by atoms with Crippen LogP contribution < -0.4 is 16.2 Å². The molecule has 2 rings (SSSR count). The summed E-state index contributed by atoms with van der Waals surface area (Å²) >= 11 is 0. The molecule has 0 aliphatic carbocycles. The SMILES string of the molecule is CC1=NN(C(C)C)C(=N)C1=Nc1ccc(OC(N)(N)CO)cc1. The van der Waals surface area contributed by atoms with Crippen molar-refractivity contribution in [2.24, 2.45) is 21.6 Å². The molecule has 1 aromatic carbocycles. The minimum Gasteiger partial charge on any atom is -0.458 e. The van der Waals surface area contributed by atoms with E-state index in [0.717, 1.165) is 0 Å². The molecule has 1 aliphatic rings. The summed E-state index contributed by atoms with van der Waals surface area (Å²) in [6, 6.07) is 6.83. The second-order valence-corrected chi connectivity index (χ2v) is 5.64. The lowest BCUT2D eigenvalue weighted by atomic mass is 10.2. The first kappa shape index (κ1) is 17.1. The number of nitrogens with one attached hydrogen (secondary N) is 1. The normalized spacial score (nSPS) is 17.2. The molecule has 0 atom stereocenters. The van der Waals surface area contributed by atoms with E-state index in [1.807, 2.05) is 20.8 Å². The van der Waals surface area contributed by atoms with Gasteiger partial charge in [-0.3, -0.25) is 16.9 Å². The van der Waals surface area contributed by atoms with E-state index in [9.17, 15) is 0 Å². The van der Waals surface area contributed by atoms with Gasteiger partial charge in [0.15, 0.2) is 5.84 Å². The van der Waals surface area contributed by atoms with Crippen LogP contribution >= 0.6 is 0 Å². The zero-order valence-corrected chi connectivity index (χ0v) is 13.4. The number of hydrogen-bond acceptors (Lipinski definition) is 7. The summed E-state index contributed by atoms with van der Waals surface area (Å²) in [4.78, 5) is 4.46. The van der Waals surface area contributed by atoms with Crippen molar-refractivity contribution in [3.63, 3.8) is 0 Å². The maximum absolute atomic E-state index is 8.99. The lowest BCUT2D eigenvalue weighted by Gasteiger charge is -2.23. The van der Waals surface area contributed by atoms with Gasteiger partial charge in [0.05, 0.1) is 11.4 Å². The number of rotatable bonds is 5. The first-order valence-electron chi connectivity index (χ1n) is 7.23. The number of ether oxygens (including phenoxy) is 1. The van der Waals surface area contributed by atoms with Gasteiger partial charge in [-0.05, 0) is 45.0 Å². The van der Waals surface area contributed by atoms with Crippen LogP contribution in [0.1, 0.15) is 20.8 Å². The largest absolute Gasteiger partial charge is 0.458 e. The van der Waals surface area contributed by atoms with Crippen molar-refractivity contribution >= 4 is 22.9 Å². The summed E-state index contributed by atoms with van der Waals surface area (Å²) in [6.07, 6.45) is 0. The molecule has 0 saturated carbocycles. The summed E-state index contributed by atoms with van der Waals surface area (Å²) in [5.41, 5.74) is 12.9. The van der Waals surface area contributed by atoms with Crippen LogP contribution in [-0.2, 0) is 0 Å². The van der Waals surface area contributed by atoms with Gasteiger partial charge in [-0.15, -0.1) is 0 Å². The Morgan fingerprint density at radius 3 is 2.43 bits per heavy atom. The third kappa shape index (κ3) is 3.92. The minimum absolute atomic E-state index is 0.0987. The van der Waals surface area contributed by atoms with Gasteiger partial charge in [-0.2, -0.15) is 5.10 Å². The van der Waals surface area contributed by atoms with Crippen LogP contribution in [0.3, 0.4) is 0 Å². The predicted octanol–water partition coefficient (Wildman–Crippen LogP) is 0.779. The van der Waals surface area contributed by atoms with E-state index in [-0.39, 0.29) is 11.9 Å². The number of aliphatic hydroxyl groups is 1. The smallest absolute Gasteiger partial charge is 0.236 e. The third-order valence-corrected chi connectivity index (χ3v) is 3.18. The van der Waals surface area contributed by atoms with Gasteiger partial charge in [0.25, 0.3) is 0 Å². The van der Waals surface area contributed by atoms with Crippen molar-refractivity contribution in [3.05, 3.63) is 24.3 Å². The monoisotopic (exact) mass is 318 g/mol. The van der Waals surface area contributed by atoms with Crippen LogP contribution in [0.15, 0.2) is 34.4 Å². The Bertz CT molecular complexity index is 648. The molecule has 0 bridgehead atoms. The van der Waals surface area contributed by atoms with Gasteiger partial charge in [0, 0.05) is 6.04 Å². The molecule has 1 heterocycles. The zero-order valence-electron chi connectivity index (χ0n) is 13.4. The molecule has 0 spiro atoms. The van der Waals surface area contributed by atoms with E-state index >= 15 is 0 Å². The lowest BCUT2D eigenvalue weighted by molar-refractivity contribution is 0.0198. The number of benzene rings is 1. The van der Waals surface area contributed by atoms with E-state index in [0.29, 0.717) is 22.9 Å². The van der Waals surface area contributed by atoms with E-state index < -0.39 is 12.5 Å². The molecular weight excluding hydrogens is 296 g/mol. The van der Waals surface area contributed by atoms with Gasteiger partial charge in [-0.25, -0.2) is 10.0 Å². The zero-order chi connectivity index (χ0) is 17.2. The summed E-state index contributed by atoms with van der Waals surface area (Å²) in [6.45, 7) is 5.25. The highest BCUT2D eigenvalue weighted by molar-refractivity contribution is 6.69. The fourth-order valence-corrected chi connectivity index (χ4v) is 2.02. The summed E-state index contributed by atoms with van der Waals surface area (Å²) in [5.74, 6) is -0.924. The van der Waals surface area contributed by atoms with Gasteiger partial charge in [0.2, 0.25) is 5.85 Å². The Hall–Kier alpha value is -2.29. The Balaban J connectivity index is 2.18. The Morgan fingerprint density at radius 2 is 1.96 bits per heavy atom. The molecule has 6 N–H and O–H groups in total. The molecule has 124 valence electrons. The van der Waals surface area contributed by atoms with Crippen molar-refractivity contribution in [1.29, 1.82) is 5.41 Å². The van der Waals surface area contributed by atoms with Crippen LogP contribution in [-0.4, -0.2) is 45.9 Å². The van der Waals surface area contributed by atoms with Gasteiger partial charge >= 0.3 is 0 Å². The van der Waals surface area contributed by atoms with E-state index in [1.54, 1.807) is 29.3 Å². The van der Waals surface area contributed by atoms with E-state index in [1.165, 1.54) is 0 Å². The standard InChI is InChI=1S/C15H22N6O2/c1-9(2)21-14(16)13(10(3)20-21)19-11-4-6-12(7-5-11)23-15(17,18)8-22/h4-7,9,16,22H,8,17-18H2,1-3H3. The number of aliphatic imine (C=N–C) groups is 1. The average Bonchev–Trinajstić information content (AvgIpc) is 2.77. The molecule has 0 saturated heterocycles.